The van der Waals surface area contributed by atoms with Gasteiger partial charge in [0.2, 0.25) is 0 Å². The first kappa shape index (κ1) is 13.3. The first-order valence-electron chi connectivity index (χ1n) is 5.60. The monoisotopic (exact) mass is 232 g/mol. The summed E-state index contributed by atoms with van der Waals surface area (Å²) in [4.78, 5) is 2.55. The Balaban J connectivity index is 2.50. The maximum Gasteiger partial charge on any atom is 0.0630 e. The van der Waals surface area contributed by atoms with Crippen LogP contribution in [0.3, 0.4) is 0 Å². The average Bonchev–Trinajstić information content (AvgIpc) is 2.16. The van der Waals surface area contributed by atoms with E-state index in [2.05, 4.69) is 35.8 Å². The Labute approximate surface area is 97.9 Å². The van der Waals surface area contributed by atoms with Gasteiger partial charge in [-0.15, -0.1) is 0 Å². The summed E-state index contributed by atoms with van der Waals surface area (Å²) < 4.78 is 5.68. The highest BCUT2D eigenvalue weighted by Crippen LogP contribution is 2.30. The van der Waals surface area contributed by atoms with Crippen LogP contribution in [0.1, 0.15) is 13.8 Å². The molecule has 0 amide bonds. The molecule has 1 N–H and O–H groups in total. The molecule has 1 rings (SSSR count). The second kappa shape index (κ2) is 6.09. The number of rotatable bonds is 5. The third-order valence-corrected chi connectivity index (χ3v) is 4.07. The van der Waals surface area contributed by atoms with E-state index in [4.69, 9.17) is 4.74 Å². The van der Waals surface area contributed by atoms with Gasteiger partial charge in [-0.2, -0.15) is 11.8 Å². The Kier molecular flexibility index (Phi) is 5.39. The molecular weight excluding hydrogens is 208 g/mol. The Morgan fingerprint density at radius 1 is 1.53 bits per heavy atom. The molecule has 3 nitrogen and oxygen atoms in total. The Hall–Kier alpha value is 0.230. The zero-order valence-corrected chi connectivity index (χ0v) is 11.2. The molecule has 0 radical (unpaired) electrons. The molecule has 1 heterocycles. The van der Waals surface area contributed by atoms with Gasteiger partial charge in [0.1, 0.15) is 0 Å². The number of likely N-dealkylation sites (N-methyl/N-ethyl adjacent to an activating group) is 1. The quantitative estimate of drug-likeness (QED) is 0.766. The summed E-state index contributed by atoms with van der Waals surface area (Å²) in [7, 11) is 3.79. The van der Waals surface area contributed by atoms with Crippen LogP contribution in [0.25, 0.3) is 0 Å². The standard InChI is InChI=1S/C11H24N2OS/c1-11(2)9-13(5-6-15-11)10(7-12-3)8-14-4/h10,12H,5-9H2,1-4H3. The highest BCUT2D eigenvalue weighted by molar-refractivity contribution is 8.00. The third-order valence-electron chi connectivity index (χ3n) is 2.77. The summed E-state index contributed by atoms with van der Waals surface area (Å²) in [6.45, 7) is 8.83. The largest absolute Gasteiger partial charge is 0.383 e. The first-order chi connectivity index (χ1) is 7.09. The fourth-order valence-electron chi connectivity index (χ4n) is 2.09. The zero-order chi connectivity index (χ0) is 11.3. The second-order valence-electron chi connectivity index (χ2n) is 4.75. The number of methoxy groups -OCH3 is 1. The van der Waals surface area contributed by atoms with Crippen LogP contribution in [0.5, 0.6) is 0 Å². The van der Waals surface area contributed by atoms with Crippen LogP contribution in [-0.2, 0) is 4.74 Å². The van der Waals surface area contributed by atoms with Crippen molar-refractivity contribution in [3.63, 3.8) is 0 Å². The van der Waals surface area contributed by atoms with E-state index in [1.807, 2.05) is 7.05 Å². The SMILES string of the molecule is CNCC(COC)N1CCSC(C)(C)C1. The second-order valence-corrected chi connectivity index (χ2v) is 6.55. The number of hydrogen-bond donors (Lipinski definition) is 1. The average molecular weight is 232 g/mol. The zero-order valence-electron chi connectivity index (χ0n) is 10.4. The number of thioether (sulfide) groups is 1. The molecule has 1 saturated heterocycles. The van der Waals surface area contributed by atoms with Crippen LogP contribution in [0.2, 0.25) is 0 Å². The molecule has 0 aromatic heterocycles. The number of nitrogens with one attached hydrogen (secondary N) is 1. The number of ether oxygens (including phenoxy) is 1. The van der Waals surface area contributed by atoms with Gasteiger partial charge in [0.25, 0.3) is 0 Å². The summed E-state index contributed by atoms with van der Waals surface area (Å²) >= 11 is 2.07. The topological polar surface area (TPSA) is 24.5 Å². The lowest BCUT2D eigenvalue weighted by Crippen LogP contribution is -2.52. The molecule has 1 fully saturated rings. The molecule has 0 aliphatic carbocycles. The van der Waals surface area contributed by atoms with Crippen molar-refractivity contribution >= 4 is 11.8 Å². The molecular formula is C11H24N2OS. The van der Waals surface area contributed by atoms with Crippen molar-refractivity contribution in [1.82, 2.24) is 10.2 Å². The van der Waals surface area contributed by atoms with Gasteiger partial charge in [0.15, 0.2) is 0 Å². The van der Waals surface area contributed by atoms with Crippen LogP contribution < -0.4 is 5.32 Å². The maximum absolute atomic E-state index is 5.29. The maximum atomic E-state index is 5.29. The van der Waals surface area contributed by atoms with E-state index in [-0.39, 0.29) is 0 Å². The van der Waals surface area contributed by atoms with Gasteiger partial charge in [-0.25, -0.2) is 0 Å². The van der Waals surface area contributed by atoms with Crippen molar-refractivity contribution in [2.75, 3.05) is 46.2 Å². The van der Waals surface area contributed by atoms with Gasteiger partial charge >= 0.3 is 0 Å². The lowest BCUT2D eigenvalue weighted by molar-refractivity contribution is 0.0870. The van der Waals surface area contributed by atoms with E-state index in [9.17, 15) is 0 Å². The van der Waals surface area contributed by atoms with Crippen molar-refractivity contribution in [2.45, 2.75) is 24.6 Å². The summed E-state index contributed by atoms with van der Waals surface area (Å²) in [5.74, 6) is 1.23. The van der Waals surface area contributed by atoms with Gasteiger partial charge < -0.3 is 10.1 Å². The highest BCUT2D eigenvalue weighted by Gasteiger charge is 2.30. The van der Waals surface area contributed by atoms with Crippen molar-refractivity contribution in [3.8, 4) is 0 Å². The minimum atomic E-state index is 0.387. The molecule has 0 bridgehead atoms. The normalized spacial score (nSPS) is 24.0. The van der Waals surface area contributed by atoms with Crippen molar-refractivity contribution in [2.24, 2.45) is 0 Å². The van der Waals surface area contributed by atoms with E-state index >= 15 is 0 Å². The van der Waals surface area contributed by atoms with Crippen LogP contribution in [0.15, 0.2) is 0 Å². The molecule has 1 aliphatic heterocycles. The van der Waals surface area contributed by atoms with E-state index < -0.39 is 0 Å². The van der Waals surface area contributed by atoms with Crippen molar-refractivity contribution in [1.29, 1.82) is 0 Å². The smallest absolute Gasteiger partial charge is 0.0630 e. The lowest BCUT2D eigenvalue weighted by Gasteiger charge is -2.41. The van der Waals surface area contributed by atoms with E-state index in [0.29, 0.717) is 10.8 Å². The lowest BCUT2D eigenvalue weighted by atomic mass is 10.1. The molecule has 1 unspecified atom stereocenters. The van der Waals surface area contributed by atoms with Gasteiger partial charge in [0, 0.05) is 43.3 Å². The predicted octanol–water partition coefficient (Wildman–Crippen LogP) is 1.05. The van der Waals surface area contributed by atoms with Gasteiger partial charge in [-0.05, 0) is 20.9 Å². The molecule has 0 spiro atoms. The Morgan fingerprint density at radius 2 is 2.27 bits per heavy atom. The highest BCUT2D eigenvalue weighted by atomic mass is 32.2. The van der Waals surface area contributed by atoms with Crippen LogP contribution in [-0.4, -0.2) is 61.8 Å². The number of nitrogens with zero attached hydrogens (tertiary/aromatic N) is 1. The molecule has 4 heteroatoms. The van der Waals surface area contributed by atoms with Gasteiger partial charge in [-0.3, -0.25) is 4.90 Å². The molecule has 0 aromatic carbocycles. The molecule has 0 saturated carbocycles. The Bertz CT molecular complexity index is 181. The summed E-state index contributed by atoms with van der Waals surface area (Å²) in [6.07, 6.45) is 0. The van der Waals surface area contributed by atoms with E-state index in [0.717, 1.165) is 19.7 Å². The molecule has 90 valence electrons. The van der Waals surface area contributed by atoms with Crippen LogP contribution in [0, 0.1) is 0 Å². The molecule has 15 heavy (non-hydrogen) atoms. The molecule has 1 aliphatic rings. The molecule has 0 aromatic rings. The fraction of sp³-hybridized carbons (Fsp3) is 1.00. The van der Waals surface area contributed by atoms with Crippen LogP contribution in [0.4, 0.5) is 0 Å². The minimum Gasteiger partial charge on any atom is -0.383 e. The van der Waals surface area contributed by atoms with Gasteiger partial charge in [0.05, 0.1) is 6.61 Å². The van der Waals surface area contributed by atoms with E-state index in [1.165, 1.54) is 12.3 Å². The first-order valence-corrected chi connectivity index (χ1v) is 6.59. The van der Waals surface area contributed by atoms with Crippen molar-refractivity contribution < 1.29 is 4.74 Å². The summed E-state index contributed by atoms with van der Waals surface area (Å²) in [5, 5.41) is 3.25. The minimum absolute atomic E-state index is 0.387. The summed E-state index contributed by atoms with van der Waals surface area (Å²) in [5.41, 5.74) is 0. The number of hydrogen-bond acceptors (Lipinski definition) is 4. The predicted molar refractivity (Wildman–Crippen MR) is 67.7 cm³/mol. The van der Waals surface area contributed by atoms with E-state index in [1.54, 1.807) is 7.11 Å². The Morgan fingerprint density at radius 3 is 2.80 bits per heavy atom. The summed E-state index contributed by atoms with van der Waals surface area (Å²) in [6, 6.07) is 0.514. The van der Waals surface area contributed by atoms with Crippen LogP contribution >= 0.6 is 11.8 Å². The van der Waals surface area contributed by atoms with Gasteiger partial charge in [-0.1, -0.05) is 0 Å². The third kappa shape index (κ3) is 4.31. The van der Waals surface area contributed by atoms with Crippen molar-refractivity contribution in [3.05, 3.63) is 0 Å². The fourth-order valence-corrected chi connectivity index (χ4v) is 3.22. The molecule has 1 atom stereocenters.